The fourth-order valence-corrected chi connectivity index (χ4v) is 2.67. The molecule has 4 heteroatoms. The number of ether oxygens (including phenoxy) is 2. The minimum Gasteiger partial charge on any atom is -0.454 e. The molecule has 2 aliphatic rings. The number of halogens is 1. The molecular weight excluding hydrogens is 226 g/mol. The second-order valence-corrected chi connectivity index (χ2v) is 4.60. The number of hydrogen-bond donors (Lipinski definition) is 1. The van der Waals surface area contributed by atoms with Crippen molar-refractivity contribution in [1.82, 2.24) is 5.32 Å². The lowest BCUT2D eigenvalue weighted by Crippen LogP contribution is -2.27. The number of piperidine rings is 1. The summed E-state index contributed by atoms with van der Waals surface area (Å²) in [4.78, 5) is 0. The van der Waals surface area contributed by atoms with Crippen LogP contribution in [0, 0.1) is 0 Å². The molecule has 1 fully saturated rings. The van der Waals surface area contributed by atoms with Crippen LogP contribution < -0.4 is 14.8 Å². The van der Waals surface area contributed by atoms with Gasteiger partial charge in [0.2, 0.25) is 6.79 Å². The summed E-state index contributed by atoms with van der Waals surface area (Å²) in [6.45, 7) is 1.35. The topological polar surface area (TPSA) is 30.5 Å². The Bertz CT molecular complexity index is 402. The molecule has 16 heavy (non-hydrogen) atoms. The second kappa shape index (κ2) is 4.15. The maximum atomic E-state index is 6.27. The second-order valence-electron chi connectivity index (χ2n) is 4.20. The fraction of sp³-hybridized carbons (Fsp3) is 0.500. The van der Waals surface area contributed by atoms with Crippen LogP contribution in [-0.2, 0) is 0 Å². The molecule has 1 aromatic carbocycles. The highest BCUT2D eigenvalue weighted by molar-refractivity contribution is 6.31. The van der Waals surface area contributed by atoms with E-state index in [2.05, 4.69) is 5.32 Å². The smallest absolute Gasteiger partial charge is 0.231 e. The minimum atomic E-state index is 0.301. The molecule has 1 saturated heterocycles. The molecule has 1 atom stereocenters. The van der Waals surface area contributed by atoms with Gasteiger partial charge in [0.25, 0.3) is 0 Å². The monoisotopic (exact) mass is 239 g/mol. The molecule has 0 aromatic heterocycles. The zero-order valence-electron chi connectivity index (χ0n) is 8.96. The van der Waals surface area contributed by atoms with Crippen LogP contribution in [0.5, 0.6) is 11.5 Å². The van der Waals surface area contributed by atoms with E-state index < -0.39 is 0 Å². The molecule has 1 aromatic rings. The zero-order valence-corrected chi connectivity index (χ0v) is 9.72. The maximum Gasteiger partial charge on any atom is 0.231 e. The van der Waals surface area contributed by atoms with Crippen molar-refractivity contribution in [1.29, 1.82) is 0 Å². The molecule has 0 spiro atoms. The van der Waals surface area contributed by atoms with E-state index in [0.717, 1.165) is 35.1 Å². The van der Waals surface area contributed by atoms with Gasteiger partial charge < -0.3 is 14.8 Å². The van der Waals surface area contributed by atoms with Gasteiger partial charge in [-0.3, -0.25) is 0 Å². The summed E-state index contributed by atoms with van der Waals surface area (Å²) >= 11 is 6.27. The highest BCUT2D eigenvalue weighted by atomic mass is 35.5. The molecule has 86 valence electrons. The lowest BCUT2D eigenvalue weighted by molar-refractivity contribution is 0.172. The average Bonchev–Trinajstić information content (AvgIpc) is 2.78. The van der Waals surface area contributed by atoms with Crippen LogP contribution in [0.2, 0.25) is 5.02 Å². The van der Waals surface area contributed by atoms with Crippen LogP contribution in [0.3, 0.4) is 0 Å². The quantitative estimate of drug-likeness (QED) is 0.818. The summed E-state index contributed by atoms with van der Waals surface area (Å²) in [5, 5.41) is 4.25. The van der Waals surface area contributed by atoms with Gasteiger partial charge >= 0.3 is 0 Å². The third-order valence-corrected chi connectivity index (χ3v) is 3.51. The third-order valence-electron chi connectivity index (χ3n) is 3.18. The molecule has 0 aliphatic carbocycles. The van der Waals surface area contributed by atoms with Gasteiger partial charge in [-0.2, -0.15) is 0 Å². The van der Waals surface area contributed by atoms with E-state index >= 15 is 0 Å². The van der Waals surface area contributed by atoms with Gasteiger partial charge in [0.15, 0.2) is 11.5 Å². The first-order valence-electron chi connectivity index (χ1n) is 5.67. The predicted molar refractivity (Wildman–Crippen MR) is 62.2 cm³/mol. The van der Waals surface area contributed by atoms with Crippen molar-refractivity contribution in [2.45, 2.75) is 25.3 Å². The van der Waals surface area contributed by atoms with Gasteiger partial charge in [0.05, 0.1) is 0 Å². The maximum absolute atomic E-state index is 6.27. The van der Waals surface area contributed by atoms with E-state index in [1.54, 1.807) is 0 Å². The Hall–Kier alpha value is -0.930. The first-order chi connectivity index (χ1) is 7.86. The van der Waals surface area contributed by atoms with Gasteiger partial charge in [-0.15, -0.1) is 0 Å². The summed E-state index contributed by atoms with van der Waals surface area (Å²) in [5.74, 6) is 1.64. The largest absolute Gasteiger partial charge is 0.454 e. The SMILES string of the molecule is Clc1ccc2c(c1C1CCCCN1)OCO2. The van der Waals surface area contributed by atoms with Crippen molar-refractivity contribution >= 4 is 11.6 Å². The van der Waals surface area contributed by atoms with E-state index in [-0.39, 0.29) is 0 Å². The Morgan fingerprint density at radius 3 is 3.00 bits per heavy atom. The number of fused-ring (bicyclic) bond motifs is 1. The van der Waals surface area contributed by atoms with Crippen LogP contribution in [0.15, 0.2) is 12.1 Å². The van der Waals surface area contributed by atoms with E-state index in [0.29, 0.717) is 12.8 Å². The molecule has 2 heterocycles. The van der Waals surface area contributed by atoms with Gasteiger partial charge in [0, 0.05) is 16.6 Å². The van der Waals surface area contributed by atoms with E-state index in [1.807, 2.05) is 12.1 Å². The van der Waals surface area contributed by atoms with E-state index in [4.69, 9.17) is 21.1 Å². The van der Waals surface area contributed by atoms with E-state index in [1.165, 1.54) is 12.8 Å². The highest BCUT2D eigenvalue weighted by Crippen LogP contribution is 2.44. The molecule has 0 saturated carbocycles. The highest BCUT2D eigenvalue weighted by Gasteiger charge is 2.27. The summed E-state index contributed by atoms with van der Waals surface area (Å²) < 4.78 is 10.9. The molecule has 2 aliphatic heterocycles. The fourth-order valence-electron chi connectivity index (χ4n) is 2.39. The summed E-state index contributed by atoms with van der Waals surface area (Å²) in [7, 11) is 0. The Labute approximate surface area is 99.7 Å². The Kier molecular flexibility index (Phi) is 2.65. The van der Waals surface area contributed by atoms with E-state index in [9.17, 15) is 0 Å². The first kappa shape index (κ1) is 10.2. The van der Waals surface area contributed by atoms with Gasteiger partial charge in [-0.1, -0.05) is 18.0 Å². The van der Waals surface area contributed by atoms with Crippen LogP contribution in [0.25, 0.3) is 0 Å². The van der Waals surface area contributed by atoms with Gasteiger partial charge in [-0.05, 0) is 31.5 Å². The lowest BCUT2D eigenvalue weighted by Gasteiger charge is -2.25. The summed E-state index contributed by atoms with van der Waals surface area (Å²) in [5.41, 5.74) is 1.07. The number of benzene rings is 1. The normalized spacial score (nSPS) is 23.4. The molecule has 0 amide bonds. The summed E-state index contributed by atoms with van der Waals surface area (Å²) in [6, 6.07) is 4.07. The van der Waals surface area contributed by atoms with Crippen LogP contribution in [0.1, 0.15) is 30.9 Å². The number of nitrogens with one attached hydrogen (secondary N) is 1. The van der Waals surface area contributed by atoms with Crippen molar-refractivity contribution in [2.24, 2.45) is 0 Å². The lowest BCUT2D eigenvalue weighted by atomic mass is 9.96. The van der Waals surface area contributed by atoms with Crippen LogP contribution in [-0.4, -0.2) is 13.3 Å². The standard InChI is InChI=1S/C12H14ClNO2/c13-8-4-5-10-12(16-7-15-10)11(8)9-3-1-2-6-14-9/h4-5,9,14H,1-3,6-7H2. The minimum absolute atomic E-state index is 0.301. The third kappa shape index (κ3) is 1.64. The van der Waals surface area contributed by atoms with Crippen molar-refractivity contribution in [2.75, 3.05) is 13.3 Å². The van der Waals surface area contributed by atoms with Crippen molar-refractivity contribution in [3.8, 4) is 11.5 Å². The molecule has 3 rings (SSSR count). The summed E-state index contributed by atoms with van der Waals surface area (Å²) in [6.07, 6.45) is 3.58. The Balaban J connectivity index is 2.01. The molecule has 1 N–H and O–H groups in total. The Morgan fingerprint density at radius 2 is 2.19 bits per heavy atom. The average molecular weight is 240 g/mol. The van der Waals surface area contributed by atoms with Crippen molar-refractivity contribution in [3.05, 3.63) is 22.7 Å². The molecule has 0 bridgehead atoms. The molecule has 0 radical (unpaired) electrons. The van der Waals surface area contributed by atoms with Crippen LogP contribution in [0.4, 0.5) is 0 Å². The number of hydrogen-bond acceptors (Lipinski definition) is 3. The molecule has 3 nitrogen and oxygen atoms in total. The van der Waals surface area contributed by atoms with Crippen molar-refractivity contribution < 1.29 is 9.47 Å². The Morgan fingerprint density at radius 1 is 1.25 bits per heavy atom. The predicted octanol–water partition coefficient (Wildman–Crippen LogP) is 2.88. The zero-order chi connectivity index (χ0) is 11.0. The van der Waals surface area contributed by atoms with Crippen molar-refractivity contribution in [3.63, 3.8) is 0 Å². The molecule has 1 unspecified atom stereocenters. The molecular formula is C12H14ClNO2. The van der Waals surface area contributed by atoms with Gasteiger partial charge in [0.1, 0.15) is 0 Å². The number of rotatable bonds is 1. The van der Waals surface area contributed by atoms with Crippen LogP contribution >= 0.6 is 11.6 Å². The van der Waals surface area contributed by atoms with Gasteiger partial charge in [-0.25, -0.2) is 0 Å². The first-order valence-corrected chi connectivity index (χ1v) is 6.05.